The molecule has 0 heterocycles. The fraction of sp³-hybridized carbons (Fsp3) is 0.648. The second-order valence-electron chi connectivity index (χ2n) is 20.6. The van der Waals surface area contributed by atoms with Gasteiger partial charge in [0.15, 0.2) is 6.10 Å². The predicted molar refractivity (Wildman–Crippen MR) is 334 cm³/mol. The highest BCUT2D eigenvalue weighted by molar-refractivity contribution is 5.71. The summed E-state index contributed by atoms with van der Waals surface area (Å²) in [5.41, 5.74) is 0. The average molecular weight is 1070 g/mol. The lowest BCUT2D eigenvalue weighted by atomic mass is 10.0. The molecule has 6 heteroatoms. The Morgan fingerprint density at radius 1 is 0.273 bits per heavy atom. The van der Waals surface area contributed by atoms with Crippen molar-refractivity contribution in [1.82, 2.24) is 0 Å². The standard InChI is InChI=1S/C71H116O6/c1-4-7-10-13-16-19-22-25-27-28-29-30-31-32-33-34-35-36-37-38-39-40-41-42-44-46-49-52-55-58-61-64-70(73)76-67-68(66-75-69(72)63-60-57-54-51-48-45-24-21-18-15-12-9-6-3)77-71(74)65-62-59-56-53-50-47-43-26-23-20-17-14-11-8-5-2/h7,10,16-17,19-20,25-27,29-30,32-33,35-36,38-39,41-43,46,49,68H,4-6,8-9,11-15,18,21-24,28,31,34,37,40,44-45,47-48,50-67H2,1-3H3/b10-7-,19-16-,20-17-,27-25-,30-29-,33-32-,36-35-,39-38-,42-41-,43-26-,49-46-. The van der Waals surface area contributed by atoms with Crippen LogP contribution in [-0.4, -0.2) is 37.2 Å². The van der Waals surface area contributed by atoms with Crippen LogP contribution in [0.25, 0.3) is 0 Å². The molecular formula is C71H116O6. The Kier molecular flexibility index (Phi) is 60.4. The Balaban J connectivity index is 4.38. The van der Waals surface area contributed by atoms with E-state index in [2.05, 4.69) is 154 Å². The maximum atomic E-state index is 12.9. The van der Waals surface area contributed by atoms with E-state index < -0.39 is 6.10 Å². The summed E-state index contributed by atoms with van der Waals surface area (Å²) >= 11 is 0. The third-order valence-corrected chi connectivity index (χ3v) is 13.1. The van der Waals surface area contributed by atoms with Crippen molar-refractivity contribution >= 4 is 17.9 Å². The zero-order valence-electron chi connectivity index (χ0n) is 49.9. The smallest absolute Gasteiger partial charge is 0.306 e. The summed E-state index contributed by atoms with van der Waals surface area (Å²) in [7, 11) is 0. The molecule has 436 valence electrons. The van der Waals surface area contributed by atoms with E-state index in [0.717, 1.165) is 148 Å². The fourth-order valence-corrected chi connectivity index (χ4v) is 8.41. The number of allylic oxidation sites excluding steroid dienone is 22. The molecule has 0 N–H and O–H groups in total. The highest BCUT2D eigenvalue weighted by Crippen LogP contribution is 2.15. The molecule has 0 aromatic rings. The first-order valence-corrected chi connectivity index (χ1v) is 31.7. The average Bonchev–Trinajstić information content (AvgIpc) is 3.43. The molecular weight excluding hydrogens is 949 g/mol. The molecule has 77 heavy (non-hydrogen) atoms. The topological polar surface area (TPSA) is 78.9 Å². The number of carbonyl (C=O) groups is 3. The number of unbranched alkanes of at least 4 members (excludes halogenated alkanes) is 23. The van der Waals surface area contributed by atoms with Crippen molar-refractivity contribution in [3.63, 3.8) is 0 Å². The molecule has 0 aliphatic rings. The second-order valence-corrected chi connectivity index (χ2v) is 20.6. The van der Waals surface area contributed by atoms with Crippen molar-refractivity contribution in [2.24, 2.45) is 0 Å². The third kappa shape index (κ3) is 62.3. The van der Waals surface area contributed by atoms with Crippen molar-refractivity contribution in [1.29, 1.82) is 0 Å². The molecule has 1 unspecified atom stereocenters. The Labute approximate surface area is 475 Å². The van der Waals surface area contributed by atoms with E-state index in [1.54, 1.807) is 0 Å². The fourth-order valence-electron chi connectivity index (χ4n) is 8.41. The van der Waals surface area contributed by atoms with Gasteiger partial charge in [0.25, 0.3) is 0 Å². The van der Waals surface area contributed by atoms with Gasteiger partial charge >= 0.3 is 17.9 Å². The molecule has 0 radical (unpaired) electrons. The lowest BCUT2D eigenvalue weighted by Crippen LogP contribution is -2.30. The Hall–Kier alpha value is -4.45. The molecule has 0 rings (SSSR count). The van der Waals surface area contributed by atoms with Gasteiger partial charge in [-0.05, 0) is 122 Å². The molecule has 0 saturated carbocycles. The van der Waals surface area contributed by atoms with Crippen molar-refractivity contribution in [3.05, 3.63) is 134 Å². The minimum atomic E-state index is -0.802. The van der Waals surface area contributed by atoms with Gasteiger partial charge in [-0.3, -0.25) is 14.4 Å². The van der Waals surface area contributed by atoms with Crippen molar-refractivity contribution in [3.8, 4) is 0 Å². The van der Waals surface area contributed by atoms with Crippen LogP contribution >= 0.6 is 0 Å². The molecule has 0 bridgehead atoms. The molecule has 0 spiro atoms. The van der Waals surface area contributed by atoms with Crippen molar-refractivity contribution < 1.29 is 28.6 Å². The number of rotatable bonds is 56. The van der Waals surface area contributed by atoms with Gasteiger partial charge in [-0.1, -0.05) is 270 Å². The van der Waals surface area contributed by atoms with Gasteiger partial charge in [0.2, 0.25) is 0 Å². The van der Waals surface area contributed by atoms with E-state index >= 15 is 0 Å². The first-order chi connectivity index (χ1) is 38.0. The zero-order valence-corrected chi connectivity index (χ0v) is 49.9. The second kappa shape index (κ2) is 64.1. The van der Waals surface area contributed by atoms with E-state index in [1.807, 2.05) is 0 Å². The summed E-state index contributed by atoms with van der Waals surface area (Å²) in [6.07, 6.45) is 90.2. The minimum Gasteiger partial charge on any atom is -0.462 e. The molecule has 0 fully saturated rings. The quantitative estimate of drug-likeness (QED) is 0.0261. The molecule has 0 aliphatic carbocycles. The maximum Gasteiger partial charge on any atom is 0.306 e. The van der Waals surface area contributed by atoms with Gasteiger partial charge in [0.1, 0.15) is 13.2 Å². The summed E-state index contributed by atoms with van der Waals surface area (Å²) in [6.45, 7) is 6.46. The van der Waals surface area contributed by atoms with E-state index in [9.17, 15) is 14.4 Å². The predicted octanol–water partition coefficient (Wildman–Crippen LogP) is 21.8. The lowest BCUT2D eigenvalue weighted by Gasteiger charge is -2.18. The highest BCUT2D eigenvalue weighted by Gasteiger charge is 2.19. The SMILES string of the molecule is CC/C=C\C/C=C\C/C=C\C/C=C\C/C=C\C/C=C\C/C=C\C/C=C\C/C=C\CCCCCC(=O)OCC(COC(=O)CCCCCCCCCCCCCCC)OC(=O)CCCCCCC/C=C\C/C=C\CCCCC. The van der Waals surface area contributed by atoms with Crippen LogP contribution in [0.2, 0.25) is 0 Å². The van der Waals surface area contributed by atoms with Crippen LogP contribution in [-0.2, 0) is 28.6 Å². The molecule has 0 saturated heterocycles. The van der Waals surface area contributed by atoms with Crippen molar-refractivity contribution in [2.45, 2.75) is 284 Å². The van der Waals surface area contributed by atoms with E-state index in [0.29, 0.717) is 19.3 Å². The van der Waals surface area contributed by atoms with Gasteiger partial charge in [-0.25, -0.2) is 0 Å². The van der Waals surface area contributed by atoms with Gasteiger partial charge in [0, 0.05) is 19.3 Å². The molecule has 0 aliphatic heterocycles. The minimum absolute atomic E-state index is 0.0955. The van der Waals surface area contributed by atoms with Gasteiger partial charge < -0.3 is 14.2 Å². The largest absolute Gasteiger partial charge is 0.462 e. The monoisotopic (exact) mass is 1060 g/mol. The Bertz CT molecular complexity index is 1650. The van der Waals surface area contributed by atoms with Gasteiger partial charge in [-0.15, -0.1) is 0 Å². The number of hydrogen-bond acceptors (Lipinski definition) is 6. The number of esters is 3. The van der Waals surface area contributed by atoms with Crippen LogP contribution in [0.1, 0.15) is 278 Å². The Morgan fingerprint density at radius 2 is 0.506 bits per heavy atom. The van der Waals surface area contributed by atoms with Crippen LogP contribution in [0.15, 0.2) is 134 Å². The first kappa shape index (κ1) is 72.5. The third-order valence-electron chi connectivity index (χ3n) is 13.1. The van der Waals surface area contributed by atoms with Crippen LogP contribution in [0.5, 0.6) is 0 Å². The summed E-state index contributed by atoms with van der Waals surface area (Å²) in [5.74, 6) is -0.942. The first-order valence-electron chi connectivity index (χ1n) is 31.7. The van der Waals surface area contributed by atoms with Crippen LogP contribution in [0.3, 0.4) is 0 Å². The molecule has 1 atom stereocenters. The van der Waals surface area contributed by atoms with E-state index in [1.165, 1.54) is 89.9 Å². The van der Waals surface area contributed by atoms with Crippen molar-refractivity contribution in [2.75, 3.05) is 13.2 Å². The zero-order chi connectivity index (χ0) is 55.7. The lowest BCUT2D eigenvalue weighted by molar-refractivity contribution is -0.167. The van der Waals surface area contributed by atoms with Crippen LogP contribution in [0, 0.1) is 0 Å². The molecule has 6 nitrogen and oxygen atoms in total. The van der Waals surface area contributed by atoms with E-state index in [-0.39, 0.29) is 31.1 Å². The normalized spacial score (nSPS) is 13.0. The number of hydrogen-bond donors (Lipinski definition) is 0. The molecule has 0 aromatic carbocycles. The van der Waals surface area contributed by atoms with Gasteiger partial charge in [0.05, 0.1) is 0 Å². The molecule has 0 amide bonds. The van der Waals surface area contributed by atoms with Crippen LogP contribution in [0.4, 0.5) is 0 Å². The summed E-state index contributed by atoms with van der Waals surface area (Å²) in [4.78, 5) is 38.2. The molecule has 0 aromatic heterocycles. The maximum absolute atomic E-state index is 12.9. The van der Waals surface area contributed by atoms with E-state index in [4.69, 9.17) is 14.2 Å². The number of carbonyl (C=O) groups excluding carboxylic acids is 3. The summed E-state index contributed by atoms with van der Waals surface area (Å²) in [5, 5.41) is 0. The Morgan fingerprint density at radius 3 is 0.831 bits per heavy atom. The summed E-state index contributed by atoms with van der Waals surface area (Å²) < 4.78 is 16.9. The number of ether oxygens (including phenoxy) is 3. The highest BCUT2D eigenvalue weighted by atomic mass is 16.6. The summed E-state index contributed by atoms with van der Waals surface area (Å²) in [6, 6.07) is 0. The van der Waals surface area contributed by atoms with Crippen LogP contribution < -0.4 is 0 Å². The van der Waals surface area contributed by atoms with Gasteiger partial charge in [-0.2, -0.15) is 0 Å².